The Hall–Kier alpha value is -4.43. The molecule has 0 atom stereocenters. The number of likely N-dealkylation sites (N-methyl/N-ethyl adjacent to an activating group) is 1. The molecule has 39 heavy (non-hydrogen) atoms. The fourth-order valence-electron chi connectivity index (χ4n) is 4.95. The lowest BCUT2D eigenvalue weighted by Crippen LogP contribution is -2.48. The molecule has 8 nitrogen and oxygen atoms in total. The van der Waals surface area contributed by atoms with E-state index in [0.29, 0.717) is 40.2 Å². The van der Waals surface area contributed by atoms with Crippen molar-refractivity contribution in [2.75, 3.05) is 39.3 Å². The minimum atomic E-state index is -0.172. The van der Waals surface area contributed by atoms with Gasteiger partial charge in [-0.3, -0.25) is 9.59 Å². The van der Waals surface area contributed by atoms with Crippen LogP contribution in [0, 0.1) is 0 Å². The second-order valence-electron chi connectivity index (χ2n) is 9.57. The summed E-state index contributed by atoms with van der Waals surface area (Å²) in [7, 11) is 0. The first kappa shape index (κ1) is 26.2. The topological polar surface area (TPSA) is 101 Å². The Morgan fingerprint density at radius 2 is 1.59 bits per heavy atom. The van der Waals surface area contributed by atoms with E-state index in [1.807, 2.05) is 72.5 Å². The maximum atomic E-state index is 13.0. The average molecular weight is 524 g/mol. The summed E-state index contributed by atoms with van der Waals surface area (Å²) in [6, 6.07) is 22.2. The summed E-state index contributed by atoms with van der Waals surface area (Å²) in [6.07, 6.45) is 0. The minimum Gasteiger partial charge on any atom is -0.494 e. The summed E-state index contributed by atoms with van der Waals surface area (Å²) in [6.45, 7) is 8.78. The molecule has 1 aliphatic rings. The summed E-state index contributed by atoms with van der Waals surface area (Å²) >= 11 is 0. The van der Waals surface area contributed by atoms with Gasteiger partial charge in [-0.25, -0.2) is 4.99 Å². The third-order valence-electron chi connectivity index (χ3n) is 7.12. The second kappa shape index (κ2) is 11.5. The zero-order valence-electron chi connectivity index (χ0n) is 22.3. The van der Waals surface area contributed by atoms with Crippen molar-refractivity contribution >= 4 is 34.1 Å². The quantitative estimate of drug-likeness (QED) is 0.309. The molecule has 1 aromatic heterocycles. The molecule has 2 amide bonds. The van der Waals surface area contributed by atoms with Gasteiger partial charge in [-0.15, -0.1) is 0 Å². The Balaban J connectivity index is 1.49. The van der Waals surface area contributed by atoms with Crippen molar-refractivity contribution in [1.82, 2.24) is 20.1 Å². The van der Waals surface area contributed by atoms with E-state index in [1.165, 1.54) is 0 Å². The number of aromatic amines is 1. The molecule has 200 valence electrons. The van der Waals surface area contributed by atoms with Gasteiger partial charge >= 0.3 is 0 Å². The van der Waals surface area contributed by atoms with Gasteiger partial charge in [-0.05, 0) is 49.9 Å². The third-order valence-corrected chi connectivity index (χ3v) is 7.12. The predicted octanol–water partition coefficient (Wildman–Crippen LogP) is 4.57. The van der Waals surface area contributed by atoms with Crippen LogP contribution in [0.4, 0.5) is 5.69 Å². The number of aromatic hydroxyl groups is 1. The molecule has 1 fully saturated rings. The summed E-state index contributed by atoms with van der Waals surface area (Å²) in [5.41, 5.74) is 4.40. The number of benzene rings is 3. The van der Waals surface area contributed by atoms with E-state index in [2.05, 4.69) is 22.1 Å². The van der Waals surface area contributed by atoms with Crippen molar-refractivity contribution in [2.45, 2.75) is 13.8 Å². The number of piperazine rings is 1. The molecule has 0 bridgehead atoms. The molecule has 0 unspecified atom stereocenters. The molecule has 0 radical (unpaired) electrons. The standard InChI is InChI=1S/C31H33N5O3/c1-3-32-29(37)23-12-15-25-26(20-23)34-30(38)27(25)28(21-8-6-5-7-9-21)33-24-13-10-22(11-14-24)31(39)36-18-16-35(4-2)17-19-36/h5-15,20,34,38H,3-4,16-19H2,1-2H3,(H,32,37). The largest absolute Gasteiger partial charge is 0.494 e. The van der Waals surface area contributed by atoms with Crippen molar-refractivity contribution in [2.24, 2.45) is 4.99 Å². The number of aromatic nitrogens is 1. The number of nitrogens with zero attached hydrogens (tertiary/aromatic N) is 3. The molecule has 3 aromatic carbocycles. The highest BCUT2D eigenvalue weighted by molar-refractivity contribution is 6.22. The number of carbonyl (C=O) groups excluding carboxylic acids is 2. The maximum Gasteiger partial charge on any atom is 0.253 e. The molecule has 2 heterocycles. The Labute approximate surface area is 228 Å². The first-order valence-corrected chi connectivity index (χ1v) is 13.4. The number of rotatable bonds is 7. The zero-order valence-corrected chi connectivity index (χ0v) is 22.3. The number of hydrogen-bond donors (Lipinski definition) is 3. The van der Waals surface area contributed by atoms with Gasteiger partial charge in [-0.2, -0.15) is 0 Å². The molecule has 0 saturated carbocycles. The van der Waals surface area contributed by atoms with Crippen LogP contribution in [0.2, 0.25) is 0 Å². The van der Waals surface area contributed by atoms with Crippen molar-refractivity contribution in [1.29, 1.82) is 0 Å². The molecule has 0 aliphatic carbocycles. The number of carbonyl (C=O) groups is 2. The van der Waals surface area contributed by atoms with Crippen LogP contribution in [-0.4, -0.2) is 76.7 Å². The molecule has 0 spiro atoms. The lowest BCUT2D eigenvalue weighted by atomic mass is 10.00. The number of H-pyrrole nitrogens is 1. The van der Waals surface area contributed by atoms with Gasteiger partial charge in [0.25, 0.3) is 11.8 Å². The molecule has 1 aliphatic heterocycles. The van der Waals surface area contributed by atoms with Crippen LogP contribution in [0.1, 0.15) is 45.7 Å². The van der Waals surface area contributed by atoms with Gasteiger partial charge in [0.2, 0.25) is 0 Å². The second-order valence-corrected chi connectivity index (χ2v) is 9.57. The van der Waals surface area contributed by atoms with E-state index in [0.717, 1.165) is 43.7 Å². The van der Waals surface area contributed by atoms with Crippen LogP contribution in [0.25, 0.3) is 10.9 Å². The first-order chi connectivity index (χ1) is 19.0. The normalized spacial score (nSPS) is 14.5. The van der Waals surface area contributed by atoms with Gasteiger partial charge in [0.1, 0.15) is 0 Å². The first-order valence-electron chi connectivity index (χ1n) is 13.4. The summed E-state index contributed by atoms with van der Waals surface area (Å²) < 4.78 is 0. The summed E-state index contributed by atoms with van der Waals surface area (Å²) in [4.78, 5) is 37.6. The lowest BCUT2D eigenvalue weighted by Gasteiger charge is -2.34. The van der Waals surface area contributed by atoms with Crippen LogP contribution in [-0.2, 0) is 0 Å². The number of amides is 2. The van der Waals surface area contributed by atoms with E-state index in [1.54, 1.807) is 12.1 Å². The number of nitrogens with one attached hydrogen (secondary N) is 2. The molecule has 1 saturated heterocycles. The highest BCUT2D eigenvalue weighted by Crippen LogP contribution is 2.32. The Morgan fingerprint density at radius 1 is 0.897 bits per heavy atom. The molecule has 8 heteroatoms. The van der Waals surface area contributed by atoms with E-state index in [9.17, 15) is 14.7 Å². The van der Waals surface area contributed by atoms with Gasteiger partial charge < -0.3 is 25.2 Å². The predicted molar refractivity (Wildman–Crippen MR) is 154 cm³/mol. The van der Waals surface area contributed by atoms with Crippen LogP contribution in [0.5, 0.6) is 5.88 Å². The minimum absolute atomic E-state index is 0.0290. The van der Waals surface area contributed by atoms with Gasteiger partial charge in [0, 0.05) is 60.3 Å². The fraction of sp³-hybridized carbons (Fsp3) is 0.258. The zero-order chi connectivity index (χ0) is 27.4. The third kappa shape index (κ3) is 5.56. The van der Waals surface area contributed by atoms with Crippen LogP contribution < -0.4 is 5.32 Å². The van der Waals surface area contributed by atoms with Crippen molar-refractivity contribution in [3.05, 3.63) is 95.1 Å². The Kier molecular flexibility index (Phi) is 7.74. The summed E-state index contributed by atoms with van der Waals surface area (Å²) in [5, 5.41) is 14.5. The highest BCUT2D eigenvalue weighted by Gasteiger charge is 2.22. The smallest absolute Gasteiger partial charge is 0.253 e. The fourth-order valence-corrected chi connectivity index (χ4v) is 4.95. The molecule has 3 N–H and O–H groups in total. The Bertz CT molecular complexity index is 1500. The van der Waals surface area contributed by atoms with Gasteiger partial charge in [0.05, 0.1) is 17.0 Å². The molecule has 5 rings (SSSR count). The van der Waals surface area contributed by atoms with E-state index in [4.69, 9.17) is 4.99 Å². The molecular weight excluding hydrogens is 490 g/mol. The monoisotopic (exact) mass is 523 g/mol. The van der Waals surface area contributed by atoms with Crippen LogP contribution >= 0.6 is 0 Å². The molecule has 4 aromatic rings. The van der Waals surface area contributed by atoms with Gasteiger partial charge in [-0.1, -0.05) is 43.3 Å². The summed E-state index contributed by atoms with van der Waals surface area (Å²) in [5.74, 6) is -0.172. The van der Waals surface area contributed by atoms with Crippen molar-refractivity contribution < 1.29 is 14.7 Å². The van der Waals surface area contributed by atoms with Crippen molar-refractivity contribution in [3.63, 3.8) is 0 Å². The lowest BCUT2D eigenvalue weighted by molar-refractivity contribution is 0.0643. The number of fused-ring (bicyclic) bond motifs is 1. The molecular formula is C31H33N5O3. The van der Waals surface area contributed by atoms with Crippen LogP contribution in [0.15, 0.2) is 77.8 Å². The maximum absolute atomic E-state index is 13.0. The average Bonchev–Trinajstić information content (AvgIpc) is 3.31. The number of hydrogen-bond acceptors (Lipinski definition) is 5. The van der Waals surface area contributed by atoms with Crippen molar-refractivity contribution in [3.8, 4) is 5.88 Å². The van der Waals surface area contributed by atoms with E-state index < -0.39 is 0 Å². The number of aliphatic imine (C=N–C) groups is 1. The van der Waals surface area contributed by atoms with Crippen LogP contribution in [0.3, 0.4) is 0 Å². The van der Waals surface area contributed by atoms with E-state index >= 15 is 0 Å². The highest BCUT2D eigenvalue weighted by atomic mass is 16.3. The van der Waals surface area contributed by atoms with Gasteiger partial charge in [0.15, 0.2) is 5.88 Å². The SMILES string of the molecule is CCNC(=O)c1ccc2c(C(=Nc3ccc(C(=O)N4CCN(CC)CC4)cc3)c3ccccc3)c(O)[nH]c2c1. The Morgan fingerprint density at radius 3 is 2.26 bits per heavy atom. The van der Waals surface area contributed by atoms with E-state index in [-0.39, 0.29) is 17.7 Å².